The van der Waals surface area contributed by atoms with Crippen LogP contribution in [-0.2, 0) is 11.3 Å². The molecule has 1 saturated heterocycles. The van der Waals surface area contributed by atoms with Gasteiger partial charge in [0.1, 0.15) is 11.4 Å². The maximum atomic E-state index is 6.29. The van der Waals surface area contributed by atoms with Crippen LogP contribution < -0.4 is 9.64 Å². The Labute approximate surface area is 204 Å². The van der Waals surface area contributed by atoms with Crippen molar-refractivity contribution in [2.45, 2.75) is 27.3 Å². The van der Waals surface area contributed by atoms with Crippen LogP contribution in [-0.4, -0.2) is 52.7 Å². The SMILES string of the molecule is Cc1cc(-c2nc3ccc(N4CCOCC4)cc3[nH]2)nn1Cc1cc(Cl)ccc1OCC(C)C. The van der Waals surface area contributed by atoms with Gasteiger partial charge in [0.05, 0.1) is 37.4 Å². The van der Waals surface area contributed by atoms with Gasteiger partial charge in [0, 0.05) is 35.1 Å². The van der Waals surface area contributed by atoms with Crippen molar-refractivity contribution in [3.8, 4) is 17.3 Å². The molecule has 1 aliphatic heterocycles. The summed E-state index contributed by atoms with van der Waals surface area (Å²) in [6.45, 7) is 10.9. The topological polar surface area (TPSA) is 68.2 Å². The molecule has 4 aromatic rings. The Balaban J connectivity index is 1.40. The number of H-pyrrole nitrogens is 1. The minimum atomic E-state index is 0.443. The summed E-state index contributed by atoms with van der Waals surface area (Å²) >= 11 is 6.29. The Morgan fingerprint density at radius 3 is 2.74 bits per heavy atom. The van der Waals surface area contributed by atoms with E-state index in [1.165, 1.54) is 5.69 Å². The number of hydrogen-bond donors (Lipinski definition) is 1. The van der Waals surface area contributed by atoms with Crippen molar-refractivity contribution >= 4 is 28.3 Å². The zero-order valence-corrected chi connectivity index (χ0v) is 20.6. The minimum Gasteiger partial charge on any atom is -0.493 e. The molecule has 34 heavy (non-hydrogen) atoms. The Hall–Kier alpha value is -3.03. The van der Waals surface area contributed by atoms with Crippen LogP contribution in [0.25, 0.3) is 22.6 Å². The summed E-state index contributed by atoms with van der Waals surface area (Å²) in [4.78, 5) is 10.6. The molecule has 2 aromatic heterocycles. The molecule has 3 heterocycles. The predicted molar refractivity (Wildman–Crippen MR) is 136 cm³/mol. The van der Waals surface area contributed by atoms with E-state index >= 15 is 0 Å². The molecule has 7 nitrogen and oxygen atoms in total. The number of aromatic amines is 1. The Morgan fingerprint density at radius 1 is 1.12 bits per heavy atom. The third kappa shape index (κ3) is 4.91. The number of aromatic nitrogens is 4. The normalized spacial score (nSPS) is 14.3. The lowest BCUT2D eigenvalue weighted by atomic mass is 10.2. The molecule has 0 atom stereocenters. The van der Waals surface area contributed by atoms with E-state index in [0.29, 0.717) is 24.1 Å². The van der Waals surface area contributed by atoms with E-state index in [1.54, 1.807) is 0 Å². The first-order chi connectivity index (χ1) is 16.5. The van der Waals surface area contributed by atoms with Gasteiger partial charge in [-0.1, -0.05) is 25.4 Å². The summed E-state index contributed by atoms with van der Waals surface area (Å²) in [5, 5.41) is 5.53. The number of fused-ring (bicyclic) bond motifs is 1. The summed E-state index contributed by atoms with van der Waals surface area (Å²) in [6, 6.07) is 14.2. The van der Waals surface area contributed by atoms with Crippen LogP contribution in [0.2, 0.25) is 5.02 Å². The van der Waals surface area contributed by atoms with Crippen molar-refractivity contribution in [2.75, 3.05) is 37.8 Å². The summed E-state index contributed by atoms with van der Waals surface area (Å²) in [5.74, 6) is 2.05. The molecule has 0 amide bonds. The molecule has 0 saturated carbocycles. The molecule has 1 aliphatic rings. The third-order valence-electron chi connectivity index (χ3n) is 5.98. The van der Waals surface area contributed by atoms with E-state index in [9.17, 15) is 0 Å². The van der Waals surface area contributed by atoms with Crippen molar-refractivity contribution in [1.29, 1.82) is 0 Å². The lowest BCUT2D eigenvalue weighted by molar-refractivity contribution is 0.122. The molecular formula is C26H30ClN5O2. The number of rotatable bonds is 7. The van der Waals surface area contributed by atoms with Crippen LogP contribution in [0.3, 0.4) is 0 Å². The van der Waals surface area contributed by atoms with Crippen LogP contribution in [0.4, 0.5) is 5.69 Å². The second-order valence-corrected chi connectivity index (χ2v) is 9.61. The van der Waals surface area contributed by atoms with Crippen LogP contribution >= 0.6 is 11.6 Å². The van der Waals surface area contributed by atoms with Gasteiger partial charge in [0.15, 0.2) is 5.82 Å². The quantitative estimate of drug-likeness (QED) is 0.389. The first-order valence-corrected chi connectivity index (χ1v) is 12.1. The third-order valence-corrected chi connectivity index (χ3v) is 6.22. The Bertz CT molecular complexity index is 1290. The molecule has 2 aromatic carbocycles. The van der Waals surface area contributed by atoms with Gasteiger partial charge in [-0.25, -0.2) is 4.98 Å². The van der Waals surface area contributed by atoms with Crippen LogP contribution in [0.1, 0.15) is 25.1 Å². The maximum absolute atomic E-state index is 6.29. The highest BCUT2D eigenvalue weighted by Crippen LogP contribution is 2.27. The number of anilines is 1. The lowest BCUT2D eigenvalue weighted by Gasteiger charge is -2.28. The second-order valence-electron chi connectivity index (χ2n) is 9.17. The van der Waals surface area contributed by atoms with Gasteiger partial charge in [-0.05, 0) is 55.3 Å². The van der Waals surface area contributed by atoms with E-state index in [-0.39, 0.29) is 0 Å². The number of benzene rings is 2. The van der Waals surface area contributed by atoms with Gasteiger partial charge >= 0.3 is 0 Å². The van der Waals surface area contributed by atoms with Gasteiger partial charge in [-0.15, -0.1) is 0 Å². The largest absolute Gasteiger partial charge is 0.493 e. The van der Waals surface area contributed by atoms with E-state index in [1.807, 2.05) is 22.9 Å². The van der Waals surface area contributed by atoms with Crippen LogP contribution in [0, 0.1) is 12.8 Å². The van der Waals surface area contributed by atoms with E-state index in [0.717, 1.165) is 65.9 Å². The molecule has 5 rings (SSSR count). The van der Waals surface area contributed by atoms with E-state index in [2.05, 4.69) is 54.9 Å². The highest BCUT2D eigenvalue weighted by molar-refractivity contribution is 6.30. The molecule has 0 unspecified atom stereocenters. The molecule has 0 aliphatic carbocycles. The Morgan fingerprint density at radius 2 is 1.94 bits per heavy atom. The van der Waals surface area contributed by atoms with Gasteiger partial charge in [0.25, 0.3) is 0 Å². The number of halogens is 1. The van der Waals surface area contributed by atoms with Crippen LogP contribution in [0.15, 0.2) is 42.5 Å². The fourth-order valence-corrected chi connectivity index (χ4v) is 4.35. The molecule has 0 spiro atoms. The van der Waals surface area contributed by atoms with Gasteiger partial charge in [-0.3, -0.25) is 4.68 Å². The number of nitrogens with zero attached hydrogens (tertiary/aromatic N) is 4. The second kappa shape index (κ2) is 9.68. The van der Waals surface area contributed by atoms with Crippen molar-refractivity contribution < 1.29 is 9.47 Å². The number of aryl methyl sites for hydroxylation is 1. The maximum Gasteiger partial charge on any atom is 0.159 e. The monoisotopic (exact) mass is 479 g/mol. The molecule has 178 valence electrons. The first-order valence-electron chi connectivity index (χ1n) is 11.7. The zero-order valence-electron chi connectivity index (χ0n) is 19.8. The van der Waals surface area contributed by atoms with Crippen molar-refractivity contribution in [2.24, 2.45) is 5.92 Å². The fourth-order valence-electron chi connectivity index (χ4n) is 4.15. The number of nitrogens with one attached hydrogen (secondary N) is 1. The number of imidazole rings is 1. The molecule has 0 radical (unpaired) electrons. The van der Waals surface area contributed by atoms with Crippen molar-refractivity contribution in [1.82, 2.24) is 19.7 Å². The van der Waals surface area contributed by atoms with Gasteiger partial charge < -0.3 is 19.4 Å². The van der Waals surface area contributed by atoms with Crippen molar-refractivity contribution in [3.63, 3.8) is 0 Å². The van der Waals surface area contributed by atoms with Gasteiger partial charge in [-0.2, -0.15) is 5.10 Å². The summed E-state index contributed by atoms with van der Waals surface area (Å²) in [5.41, 5.74) is 5.98. The molecule has 0 bridgehead atoms. The number of ether oxygens (including phenoxy) is 2. The summed E-state index contributed by atoms with van der Waals surface area (Å²) < 4.78 is 13.5. The average Bonchev–Trinajstić information content (AvgIpc) is 3.42. The van der Waals surface area contributed by atoms with Crippen LogP contribution in [0.5, 0.6) is 5.75 Å². The molecule has 1 N–H and O–H groups in total. The first kappa shape index (κ1) is 22.7. The standard InChI is InChI=1S/C26H30ClN5O2/c1-17(2)16-34-25-7-4-20(27)13-19(25)15-32-18(3)12-24(30-32)26-28-22-6-5-21(14-23(22)29-26)31-8-10-33-11-9-31/h4-7,12-14,17H,8-11,15-16H2,1-3H3,(H,28,29). The molecule has 1 fully saturated rings. The lowest BCUT2D eigenvalue weighted by Crippen LogP contribution is -2.36. The van der Waals surface area contributed by atoms with Crippen molar-refractivity contribution in [3.05, 3.63) is 58.7 Å². The summed E-state index contributed by atoms with van der Waals surface area (Å²) in [6.07, 6.45) is 0. The number of hydrogen-bond acceptors (Lipinski definition) is 5. The average molecular weight is 480 g/mol. The van der Waals surface area contributed by atoms with Gasteiger partial charge in [0.2, 0.25) is 0 Å². The highest BCUT2D eigenvalue weighted by Gasteiger charge is 2.16. The Kier molecular flexibility index (Phi) is 6.48. The van der Waals surface area contributed by atoms with E-state index < -0.39 is 0 Å². The minimum absolute atomic E-state index is 0.443. The fraction of sp³-hybridized carbons (Fsp3) is 0.385. The zero-order chi connectivity index (χ0) is 23.7. The smallest absolute Gasteiger partial charge is 0.159 e. The molecular weight excluding hydrogens is 450 g/mol. The predicted octanol–water partition coefficient (Wildman–Crippen LogP) is 5.31. The van der Waals surface area contributed by atoms with E-state index in [4.69, 9.17) is 31.2 Å². The summed E-state index contributed by atoms with van der Waals surface area (Å²) in [7, 11) is 0. The number of morpholine rings is 1. The molecule has 8 heteroatoms. The highest BCUT2D eigenvalue weighted by atomic mass is 35.5.